The molecule has 1 N–H and O–H groups in total. The molecule has 1 atom stereocenters. The zero-order chi connectivity index (χ0) is 18.7. The second kappa shape index (κ2) is 11.7. The fourth-order valence-corrected chi connectivity index (χ4v) is 3.08. The molecule has 0 aromatic carbocycles. The lowest BCUT2D eigenvalue weighted by molar-refractivity contribution is -0.153. The summed E-state index contributed by atoms with van der Waals surface area (Å²) in [5.41, 5.74) is 0. The van der Waals surface area contributed by atoms with Crippen molar-refractivity contribution in [2.24, 2.45) is 11.8 Å². The molecule has 1 fully saturated rings. The molecule has 0 heterocycles. The first kappa shape index (κ1) is 21.2. The number of carbonyl (C=O) groups is 3. The Labute approximate surface area is 149 Å². The minimum absolute atomic E-state index is 0.171. The maximum Gasteiger partial charge on any atom is 0.330 e. The molecular formula is C19H30O6. The van der Waals surface area contributed by atoms with Crippen molar-refractivity contribution in [1.29, 1.82) is 0 Å². The number of carboxylic acids is 1. The number of hydrogen-bond donors (Lipinski definition) is 1. The number of hydrogen-bond acceptors (Lipinski definition) is 5. The Balaban J connectivity index is 2.25. The number of carboxylic acid groups (broad SMARTS) is 1. The highest BCUT2D eigenvalue weighted by atomic mass is 16.5. The minimum Gasteiger partial charge on any atom is -0.481 e. The zero-order valence-corrected chi connectivity index (χ0v) is 15.1. The summed E-state index contributed by atoms with van der Waals surface area (Å²) < 4.78 is 10.6. The van der Waals surface area contributed by atoms with Crippen LogP contribution in [0.15, 0.2) is 12.7 Å². The quantitative estimate of drug-likeness (QED) is 0.347. The van der Waals surface area contributed by atoms with Crippen molar-refractivity contribution < 1.29 is 29.0 Å². The van der Waals surface area contributed by atoms with Crippen molar-refractivity contribution in [2.75, 3.05) is 6.61 Å². The third-order valence-electron chi connectivity index (χ3n) is 4.65. The van der Waals surface area contributed by atoms with E-state index < -0.39 is 11.9 Å². The molecule has 0 aromatic rings. The maximum absolute atomic E-state index is 12.0. The van der Waals surface area contributed by atoms with Gasteiger partial charge in [0.25, 0.3) is 0 Å². The van der Waals surface area contributed by atoms with Crippen molar-refractivity contribution in [3.05, 3.63) is 12.7 Å². The lowest BCUT2D eigenvalue weighted by atomic mass is 9.82. The van der Waals surface area contributed by atoms with Crippen LogP contribution in [-0.2, 0) is 23.9 Å². The summed E-state index contributed by atoms with van der Waals surface area (Å²) in [6.45, 7) is 5.78. The van der Waals surface area contributed by atoms with E-state index >= 15 is 0 Å². The van der Waals surface area contributed by atoms with Crippen molar-refractivity contribution in [1.82, 2.24) is 0 Å². The molecule has 0 radical (unpaired) electrons. The van der Waals surface area contributed by atoms with Crippen LogP contribution in [0, 0.1) is 11.8 Å². The first-order chi connectivity index (χ1) is 12.0. The van der Waals surface area contributed by atoms with Gasteiger partial charge < -0.3 is 14.6 Å². The topological polar surface area (TPSA) is 89.9 Å². The largest absolute Gasteiger partial charge is 0.481 e. The summed E-state index contributed by atoms with van der Waals surface area (Å²) >= 11 is 0. The van der Waals surface area contributed by atoms with Crippen LogP contribution in [0.1, 0.15) is 64.7 Å². The van der Waals surface area contributed by atoms with Crippen LogP contribution in [-0.4, -0.2) is 35.7 Å². The first-order valence-electron chi connectivity index (χ1n) is 9.20. The van der Waals surface area contributed by atoms with Gasteiger partial charge in [0.15, 0.2) is 0 Å². The van der Waals surface area contributed by atoms with E-state index in [2.05, 4.69) is 13.5 Å². The zero-order valence-electron chi connectivity index (χ0n) is 15.1. The monoisotopic (exact) mass is 354 g/mol. The number of ether oxygens (including phenoxy) is 2. The van der Waals surface area contributed by atoms with Crippen molar-refractivity contribution >= 4 is 17.9 Å². The summed E-state index contributed by atoms with van der Waals surface area (Å²) in [5, 5.41) is 8.97. The number of esters is 2. The Morgan fingerprint density at radius 2 is 1.72 bits per heavy atom. The van der Waals surface area contributed by atoms with Crippen molar-refractivity contribution in [2.45, 2.75) is 70.8 Å². The third kappa shape index (κ3) is 8.18. The Hall–Kier alpha value is -1.85. The van der Waals surface area contributed by atoms with Crippen LogP contribution in [0.25, 0.3) is 0 Å². The number of rotatable bonds is 11. The number of unbranched alkanes of at least 4 members (excludes halogenated alkanes) is 1. The normalized spacial score (nSPS) is 21.2. The summed E-state index contributed by atoms with van der Waals surface area (Å²) in [7, 11) is 0. The Kier molecular flexibility index (Phi) is 9.88. The summed E-state index contributed by atoms with van der Waals surface area (Å²) in [6, 6.07) is 0. The first-order valence-corrected chi connectivity index (χ1v) is 9.20. The number of carbonyl (C=O) groups excluding carboxylic acids is 2. The minimum atomic E-state index is -0.779. The van der Waals surface area contributed by atoms with Crippen molar-refractivity contribution in [3.63, 3.8) is 0 Å². The molecule has 0 spiro atoms. The summed E-state index contributed by atoms with van der Waals surface area (Å²) in [4.78, 5) is 34.3. The van der Waals surface area contributed by atoms with E-state index in [0.717, 1.165) is 25.3 Å². The SMILES string of the molecule is C=CC(=O)OC(CCCC)CCCOC(=O)C1CCC(C(=O)O)CC1. The highest BCUT2D eigenvalue weighted by molar-refractivity contribution is 5.81. The molecule has 0 bridgehead atoms. The van der Waals surface area contributed by atoms with E-state index in [1.807, 2.05) is 0 Å². The van der Waals surface area contributed by atoms with Crippen LogP contribution >= 0.6 is 0 Å². The molecule has 1 saturated carbocycles. The van der Waals surface area contributed by atoms with E-state index in [1.165, 1.54) is 0 Å². The molecular weight excluding hydrogens is 324 g/mol. The van der Waals surface area contributed by atoms with Gasteiger partial charge in [-0.1, -0.05) is 26.3 Å². The van der Waals surface area contributed by atoms with E-state index in [9.17, 15) is 14.4 Å². The summed E-state index contributed by atoms with van der Waals surface area (Å²) in [6.07, 6.45) is 7.28. The Bertz CT molecular complexity index is 451. The predicted octanol–water partition coefficient (Wildman–Crippen LogP) is 3.49. The summed E-state index contributed by atoms with van der Waals surface area (Å²) in [5.74, 6) is -1.96. The molecule has 1 rings (SSSR count). The van der Waals surface area contributed by atoms with Crippen LogP contribution in [0.5, 0.6) is 0 Å². The molecule has 6 heteroatoms. The van der Waals surface area contributed by atoms with Crippen LogP contribution in [0.2, 0.25) is 0 Å². The van der Waals surface area contributed by atoms with Gasteiger partial charge >= 0.3 is 17.9 Å². The predicted molar refractivity (Wildman–Crippen MR) is 92.9 cm³/mol. The average molecular weight is 354 g/mol. The molecule has 142 valence electrons. The number of aliphatic carboxylic acids is 1. The van der Waals surface area contributed by atoms with Gasteiger partial charge in [0.1, 0.15) is 6.10 Å². The van der Waals surface area contributed by atoms with Gasteiger partial charge in [0, 0.05) is 6.08 Å². The lowest BCUT2D eigenvalue weighted by Gasteiger charge is -2.24. The van der Waals surface area contributed by atoms with Gasteiger partial charge in [-0.25, -0.2) is 4.79 Å². The van der Waals surface area contributed by atoms with Crippen LogP contribution < -0.4 is 0 Å². The molecule has 1 aliphatic carbocycles. The fraction of sp³-hybridized carbons (Fsp3) is 0.737. The van der Waals surface area contributed by atoms with E-state index in [0.29, 0.717) is 45.1 Å². The molecule has 1 unspecified atom stereocenters. The Morgan fingerprint density at radius 3 is 2.28 bits per heavy atom. The molecule has 25 heavy (non-hydrogen) atoms. The average Bonchev–Trinajstić information content (AvgIpc) is 2.62. The van der Waals surface area contributed by atoms with Gasteiger partial charge in [-0.3, -0.25) is 9.59 Å². The van der Waals surface area contributed by atoms with Gasteiger partial charge in [0.2, 0.25) is 0 Å². The fourth-order valence-electron chi connectivity index (χ4n) is 3.08. The van der Waals surface area contributed by atoms with Gasteiger partial charge in [-0.05, 0) is 44.9 Å². The third-order valence-corrected chi connectivity index (χ3v) is 4.65. The van der Waals surface area contributed by atoms with Gasteiger partial charge in [-0.2, -0.15) is 0 Å². The van der Waals surface area contributed by atoms with E-state index in [-0.39, 0.29) is 23.9 Å². The Morgan fingerprint density at radius 1 is 1.12 bits per heavy atom. The smallest absolute Gasteiger partial charge is 0.330 e. The second-order valence-corrected chi connectivity index (χ2v) is 6.60. The molecule has 1 aliphatic rings. The lowest BCUT2D eigenvalue weighted by Crippen LogP contribution is -2.27. The maximum atomic E-state index is 12.0. The molecule has 6 nitrogen and oxygen atoms in total. The van der Waals surface area contributed by atoms with Gasteiger partial charge in [-0.15, -0.1) is 0 Å². The molecule has 0 saturated heterocycles. The second-order valence-electron chi connectivity index (χ2n) is 6.60. The van der Waals surface area contributed by atoms with Gasteiger partial charge in [0.05, 0.1) is 18.4 Å². The van der Waals surface area contributed by atoms with E-state index in [4.69, 9.17) is 14.6 Å². The van der Waals surface area contributed by atoms with Crippen molar-refractivity contribution in [3.8, 4) is 0 Å². The highest BCUT2D eigenvalue weighted by Crippen LogP contribution is 2.29. The van der Waals surface area contributed by atoms with E-state index in [1.54, 1.807) is 0 Å². The van der Waals surface area contributed by atoms with Crippen LogP contribution in [0.4, 0.5) is 0 Å². The molecule has 0 aliphatic heterocycles. The standard InChI is InChI=1S/C19H30O6/c1-3-5-7-16(25-17(20)4-2)8-6-13-24-19(23)15-11-9-14(10-12-15)18(21)22/h4,14-16H,2-3,5-13H2,1H3,(H,21,22). The van der Waals surface area contributed by atoms with Crippen LogP contribution in [0.3, 0.4) is 0 Å². The molecule has 0 aromatic heterocycles. The molecule has 0 amide bonds. The highest BCUT2D eigenvalue weighted by Gasteiger charge is 2.30.